The van der Waals surface area contributed by atoms with Crippen molar-refractivity contribution in [3.63, 3.8) is 0 Å². The Hall–Kier alpha value is -2.97. The molecule has 1 amide bonds. The fraction of sp³-hybridized carbons (Fsp3) is 0.368. The highest BCUT2D eigenvalue weighted by Gasteiger charge is 2.40. The minimum atomic E-state index is -4.42. The van der Waals surface area contributed by atoms with Crippen LogP contribution in [0.4, 0.5) is 18.0 Å². The minimum Gasteiger partial charge on any atom is -0.492 e. The average molecular weight is 396 g/mol. The third-order valence-electron chi connectivity index (χ3n) is 4.29. The smallest absolute Gasteiger partial charge is 0.422 e. The molecule has 1 atom stereocenters. The van der Waals surface area contributed by atoms with E-state index in [0.29, 0.717) is 23.5 Å². The number of fused-ring (bicyclic) bond motifs is 1. The van der Waals surface area contributed by atoms with Crippen LogP contribution in [0.2, 0.25) is 0 Å². The van der Waals surface area contributed by atoms with Crippen molar-refractivity contribution in [3.8, 4) is 22.8 Å². The van der Waals surface area contributed by atoms with Crippen molar-refractivity contribution in [2.45, 2.75) is 26.1 Å². The third kappa shape index (κ3) is 4.47. The van der Waals surface area contributed by atoms with Crippen molar-refractivity contribution >= 4 is 6.09 Å². The van der Waals surface area contributed by atoms with Crippen LogP contribution in [0.15, 0.2) is 36.5 Å². The molecule has 2 aromatic rings. The summed E-state index contributed by atoms with van der Waals surface area (Å²) in [4.78, 5) is 15.2. The number of nitrogens with zero attached hydrogens (tertiary/aromatic N) is 1. The first-order chi connectivity index (χ1) is 13.0. The lowest BCUT2D eigenvalue weighted by atomic mass is 9.80. The van der Waals surface area contributed by atoms with Crippen LogP contribution in [0.1, 0.15) is 25.5 Å². The van der Waals surface area contributed by atoms with Gasteiger partial charge in [0.05, 0.1) is 6.61 Å². The van der Waals surface area contributed by atoms with Gasteiger partial charge in [0, 0.05) is 28.8 Å². The van der Waals surface area contributed by atoms with Crippen LogP contribution in [0.25, 0.3) is 11.1 Å². The molecule has 1 unspecified atom stereocenters. The molecule has 1 aromatic heterocycles. The summed E-state index contributed by atoms with van der Waals surface area (Å²) >= 11 is 0. The molecule has 0 spiro atoms. The Morgan fingerprint density at radius 3 is 2.61 bits per heavy atom. The number of benzene rings is 1. The van der Waals surface area contributed by atoms with Crippen LogP contribution in [0, 0.1) is 5.41 Å². The molecule has 0 saturated carbocycles. The van der Waals surface area contributed by atoms with Crippen molar-refractivity contribution in [2.75, 3.05) is 13.2 Å². The van der Waals surface area contributed by atoms with E-state index in [4.69, 9.17) is 15.2 Å². The number of aromatic nitrogens is 1. The molecule has 150 valence electrons. The van der Waals surface area contributed by atoms with Crippen LogP contribution in [-0.2, 0) is 4.74 Å². The Morgan fingerprint density at radius 2 is 2.00 bits per heavy atom. The van der Waals surface area contributed by atoms with Gasteiger partial charge in [-0.1, -0.05) is 26.0 Å². The quantitative estimate of drug-likeness (QED) is 0.836. The number of hydrogen-bond acceptors (Lipinski definition) is 5. The molecule has 1 aromatic carbocycles. The van der Waals surface area contributed by atoms with Crippen LogP contribution < -0.4 is 15.2 Å². The Bertz CT molecular complexity index is 866. The van der Waals surface area contributed by atoms with E-state index in [-0.39, 0.29) is 5.88 Å². The van der Waals surface area contributed by atoms with Crippen molar-refractivity contribution in [2.24, 2.45) is 11.1 Å². The third-order valence-corrected chi connectivity index (χ3v) is 4.29. The summed E-state index contributed by atoms with van der Waals surface area (Å²) in [5.41, 5.74) is 6.84. The summed E-state index contributed by atoms with van der Waals surface area (Å²) in [5, 5.41) is 0. The maximum Gasteiger partial charge on any atom is 0.422 e. The SMILES string of the molecule is CC1(C)COc2cc(-c3ccc(OCC(F)(F)F)nc3)ccc2C1OC(N)=O. The molecular weight excluding hydrogens is 377 g/mol. The summed E-state index contributed by atoms with van der Waals surface area (Å²) < 4.78 is 52.3. The lowest BCUT2D eigenvalue weighted by molar-refractivity contribution is -0.154. The van der Waals surface area contributed by atoms with Crippen molar-refractivity contribution in [1.82, 2.24) is 4.98 Å². The Balaban J connectivity index is 1.83. The topological polar surface area (TPSA) is 83.7 Å². The highest BCUT2D eigenvalue weighted by atomic mass is 19.4. The number of carbonyl (C=O) groups excluding carboxylic acids is 1. The Labute approximate surface area is 159 Å². The van der Waals surface area contributed by atoms with Gasteiger partial charge in [0.15, 0.2) is 6.61 Å². The lowest BCUT2D eigenvalue weighted by Crippen LogP contribution is -2.37. The van der Waals surface area contributed by atoms with E-state index in [1.54, 1.807) is 24.3 Å². The Kier molecular flexibility index (Phi) is 5.10. The number of hydrogen-bond donors (Lipinski definition) is 1. The predicted molar refractivity (Wildman–Crippen MR) is 93.9 cm³/mol. The number of rotatable bonds is 4. The van der Waals surface area contributed by atoms with E-state index in [9.17, 15) is 18.0 Å². The number of amides is 1. The summed E-state index contributed by atoms with van der Waals surface area (Å²) in [6, 6.07) is 8.28. The number of primary amides is 1. The molecule has 0 radical (unpaired) electrons. The van der Waals surface area contributed by atoms with Crippen LogP contribution in [0.5, 0.6) is 11.6 Å². The van der Waals surface area contributed by atoms with Gasteiger partial charge in [-0.15, -0.1) is 0 Å². The van der Waals surface area contributed by atoms with Crippen LogP contribution in [0.3, 0.4) is 0 Å². The van der Waals surface area contributed by atoms with Crippen LogP contribution in [-0.4, -0.2) is 30.5 Å². The summed E-state index contributed by atoms with van der Waals surface area (Å²) in [6.07, 6.45) is -4.43. The lowest BCUT2D eigenvalue weighted by Gasteiger charge is -2.38. The molecule has 0 fully saturated rings. The molecule has 1 aliphatic rings. The average Bonchev–Trinajstić information content (AvgIpc) is 2.62. The maximum atomic E-state index is 12.2. The van der Waals surface area contributed by atoms with Gasteiger partial charge in [0.1, 0.15) is 11.9 Å². The van der Waals surface area contributed by atoms with E-state index >= 15 is 0 Å². The monoisotopic (exact) mass is 396 g/mol. The summed E-state index contributed by atoms with van der Waals surface area (Å²) in [5.74, 6) is 0.424. The second-order valence-electron chi connectivity index (χ2n) is 7.14. The van der Waals surface area contributed by atoms with Crippen molar-refractivity contribution in [3.05, 3.63) is 42.1 Å². The number of ether oxygens (including phenoxy) is 3. The molecule has 1 aliphatic heterocycles. The number of carbonyl (C=O) groups is 1. The fourth-order valence-electron chi connectivity index (χ4n) is 2.95. The van der Waals surface area contributed by atoms with Gasteiger partial charge < -0.3 is 19.9 Å². The second kappa shape index (κ2) is 7.21. The first-order valence-electron chi connectivity index (χ1n) is 8.44. The van der Waals surface area contributed by atoms with Gasteiger partial charge in [-0.25, -0.2) is 9.78 Å². The molecule has 2 heterocycles. The number of halogens is 3. The van der Waals surface area contributed by atoms with Gasteiger partial charge in [-0.2, -0.15) is 13.2 Å². The molecule has 28 heavy (non-hydrogen) atoms. The van der Waals surface area contributed by atoms with Gasteiger partial charge in [-0.3, -0.25) is 0 Å². The molecule has 2 N–H and O–H groups in total. The van der Waals surface area contributed by atoms with E-state index in [1.165, 1.54) is 12.3 Å². The molecular formula is C19H19F3N2O4. The van der Waals surface area contributed by atoms with E-state index < -0.39 is 30.4 Å². The zero-order valence-corrected chi connectivity index (χ0v) is 15.2. The first kappa shape index (κ1) is 19.8. The van der Waals surface area contributed by atoms with Crippen molar-refractivity contribution in [1.29, 1.82) is 0 Å². The normalized spacial score (nSPS) is 18.0. The highest BCUT2D eigenvalue weighted by molar-refractivity contribution is 5.68. The van der Waals surface area contributed by atoms with Gasteiger partial charge in [-0.05, 0) is 17.7 Å². The van der Waals surface area contributed by atoms with E-state index in [0.717, 1.165) is 5.56 Å². The van der Waals surface area contributed by atoms with E-state index in [2.05, 4.69) is 9.72 Å². The number of nitrogens with two attached hydrogens (primary N) is 1. The molecule has 9 heteroatoms. The zero-order chi connectivity index (χ0) is 20.5. The number of alkyl halides is 3. The van der Waals surface area contributed by atoms with Crippen molar-refractivity contribution < 1.29 is 32.2 Å². The van der Waals surface area contributed by atoms with E-state index in [1.807, 2.05) is 13.8 Å². The standard InChI is InChI=1S/C19H19F3N2O4/c1-18(2)9-26-14-7-11(3-5-13(14)16(18)28-17(23)25)12-4-6-15(24-8-12)27-10-19(20,21)22/h3-8,16H,9-10H2,1-2H3,(H2,23,25). The largest absolute Gasteiger partial charge is 0.492 e. The first-order valence-corrected chi connectivity index (χ1v) is 8.44. The fourth-order valence-corrected chi connectivity index (χ4v) is 2.95. The van der Waals surface area contributed by atoms with Gasteiger partial charge in [0.25, 0.3) is 0 Å². The number of pyridine rings is 1. The molecule has 0 aliphatic carbocycles. The van der Waals surface area contributed by atoms with Gasteiger partial charge >= 0.3 is 12.3 Å². The van der Waals surface area contributed by atoms with Gasteiger partial charge in [0.2, 0.25) is 5.88 Å². The zero-order valence-electron chi connectivity index (χ0n) is 15.2. The predicted octanol–water partition coefficient (Wildman–Crippen LogP) is 4.24. The van der Waals surface area contributed by atoms with Crippen LogP contribution >= 0.6 is 0 Å². The second-order valence-corrected chi connectivity index (χ2v) is 7.14. The molecule has 0 saturated heterocycles. The minimum absolute atomic E-state index is 0.119. The molecule has 6 nitrogen and oxygen atoms in total. The molecule has 3 rings (SSSR count). The Morgan fingerprint density at radius 1 is 1.29 bits per heavy atom. The maximum absolute atomic E-state index is 12.2. The summed E-state index contributed by atoms with van der Waals surface area (Å²) in [6.45, 7) is 2.73. The summed E-state index contributed by atoms with van der Waals surface area (Å²) in [7, 11) is 0. The highest BCUT2D eigenvalue weighted by Crippen LogP contribution is 2.46. The molecule has 0 bridgehead atoms.